The topological polar surface area (TPSA) is 96.7 Å². The lowest BCUT2D eigenvalue weighted by molar-refractivity contribution is 0.0302. The Labute approximate surface area is 199 Å². The van der Waals surface area contributed by atoms with Crippen molar-refractivity contribution in [2.75, 3.05) is 20.2 Å². The molecule has 1 aliphatic rings. The molecule has 34 heavy (non-hydrogen) atoms. The number of benzene rings is 1. The number of piperidine rings is 1. The molecule has 1 aromatic carbocycles. The van der Waals surface area contributed by atoms with Crippen molar-refractivity contribution < 1.29 is 19.4 Å². The van der Waals surface area contributed by atoms with Crippen LogP contribution >= 0.6 is 0 Å². The first-order valence-corrected chi connectivity index (χ1v) is 11.6. The van der Waals surface area contributed by atoms with Gasteiger partial charge in [-0.2, -0.15) is 0 Å². The van der Waals surface area contributed by atoms with Gasteiger partial charge in [0.05, 0.1) is 18.3 Å². The van der Waals surface area contributed by atoms with Gasteiger partial charge in [-0.1, -0.05) is 20.8 Å². The fraction of sp³-hybridized carbons (Fsp3) is 0.423. The summed E-state index contributed by atoms with van der Waals surface area (Å²) in [6.07, 6.45) is 4.38. The number of rotatable bonds is 5. The number of carboxylic acid groups (broad SMARTS) is 1. The standard InChI is InChI=1S/C26H32N4O4/c1-26(2,3)22-13-17(9-11-30(22)25(32)33)16-34-20-6-8-23(28-15-20)29-12-10-18-14-19(24(31)27-4)5-7-21(18)29/h5-8,10,12,14-15,17,22H,9,11,13,16H2,1-4H3,(H,27,31)(H,32,33). The van der Waals surface area contributed by atoms with Crippen LogP contribution in [0.2, 0.25) is 0 Å². The highest BCUT2D eigenvalue weighted by molar-refractivity contribution is 5.98. The second kappa shape index (κ2) is 9.37. The van der Waals surface area contributed by atoms with E-state index in [-0.39, 0.29) is 17.4 Å². The first kappa shape index (κ1) is 23.6. The number of fused-ring (bicyclic) bond motifs is 1. The Hall–Kier alpha value is -3.55. The molecule has 1 fully saturated rings. The minimum atomic E-state index is -0.846. The number of nitrogens with one attached hydrogen (secondary N) is 1. The summed E-state index contributed by atoms with van der Waals surface area (Å²) in [5.74, 6) is 1.63. The van der Waals surface area contributed by atoms with Crippen LogP contribution < -0.4 is 10.1 Å². The molecule has 8 nitrogen and oxygen atoms in total. The van der Waals surface area contributed by atoms with E-state index < -0.39 is 6.09 Å². The van der Waals surface area contributed by atoms with Gasteiger partial charge in [-0.15, -0.1) is 0 Å². The molecule has 2 N–H and O–H groups in total. The molecule has 3 heterocycles. The summed E-state index contributed by atoms with van der Waals surface area (Å²) >= 11 is 0. The number of carbonyl (C=O) groups is 2. The van der Waals surface area contributed by atoms with E-state index in [4.69, 9.17) is 4.74 Å². The van der Waals surface area contributed by atoms with Crippen LogP contribution in [0.3, 0.4) is 0 Å². The normalized spacial score (nSPS) is 18.6. The van der Waals surface area contributed by atoms with Gasteiger partial charge in [-0.05, 0) is 60.6 Å². The Balaban J connectivity index is 1.42. The Kier molecular flexibility index (Phi) is 6.50. The van der Waals surface area contributed by atoms with E-state index in [9.17, 15) is 14.7 Å². The molecule has 1 saturated heterocycles. The molecule has 2 atom stereocenters. The highest BCUT2D eigenvalue weighted by Gasteiger charge is 2.38. The SMILES string of the molecule is CNC(=O)c1ccc2c(ccn2-c2ccc(OCC3CCN(C(=O)O)C(C(C)(C)C)C3)cn2)c1. The van der Waals surface area contributed by atoms with Crippen molar-refractivity contribution in [1.29, 1.82) is 0 Å². The van der Waals surface area contributed by atoms with Gasteiger partial charge in [0.1, 0.15) is 11.6 Å². The molecular formula is C26H32N4O4. The zero-order chi connectivity index (χ0) is 24.5. The minimum Gasteiger partial charge on any atom is -0.492 e. The van der Waals surface area contributed by atoms with Crippen molar-refractivity contribution in [3.63, 3.8) is 0 Å². The van der Waals surface area contributed by atoms with Gasteiger partial charge < -0.3 is 24.6 Å². The van der Waals surface area contributed by atoms with Crippen molar-refractivity contribution in [1.82, 2.24) is 19.8 Å². The lowest BCUT2D eigenvalue weighted by Crippen LogP contribution is -2.52. The summed E-state index contributed by atoms with van der Waals surface area (Å²) in [6, 6.07) is 11.3. The minimum absolute atomic E-state index is 0.0289. The molecule has 1 aliphatic heterocycles. The molecule has 180 valence electrons. The van der Waals surface area contributed by atoms with Crippen molar-refractivity contribution in [2.24, 2.45) is 11.3 Å². The lowest BCUT2D eigenvalue weighted by atomic mass is 9.77. The smallest absolute Gasteiger partial charge is 0.407 e. The van der Waals surface area contributed by atoms with Crippen LogP contribution in [-0.2, 0) is 0 Å². The molecule has 0 radical (unpaired) electrons. The second-order valence-corrected chi connectivity index (χ2v) is 9.95. The largest absolute Gasteiger partial charge is 0.492 e. The van der Waals surface area contributed by atoms with Crippen LogP contribution in [0.4, 0.5) is 4.79 Å². The number of hydrogen-bond donors (Lipinski definition) is 2. The summed E-state index contributed by atoms with van der Waals surface area (Å²) in [7, 11) is 1.62. The Morgan fingerprint density at radius 3 is 2.65 bits per heavy atom. The molecule has 3 aromatic rings. The lowest BCUT2D eigenvalue weighted by Gasteiger charge is -2.44. The molecule has 2 unspecified atom stereocenters. The number of carbonyl (C=O) groups excluding carboxylic acids is 1. The summed E-state index contributed by atoms with van der Waals surface area (Å²) in [4.78, 5) is 29.7. The summed E-state index contributed by atoms with van der Waals surface area (Å²) in [6.45, 7) is 7.33. The zero-order valence-electron chi connectivity index (χ0n) is 20.1. The van der Waals surface area contributed by atoms with Crippen LogP contribution in [0.25, 0.3) is 16.7 Å². The van der Waals surface area contributed by atoms with Gasteiger partial charge in [0.15, 0.2) is 0 Å². The van der Waals surface area contributed by atoms with Crippen molar-refractivity contribution >= 4 is 22.9 Å². The monoisotopic (exact) mass is 464 g/mol. The van der Waals surface area contributed by atoms with E-state index in [2.05, 4.69) is 31.1 Å². The zero-order valence-corrected chi connectivity index (χ0v) is 20.1. The van der Waals surface area contributed by atoms with Gasteiger partial charge in [-0.25, -0.2) is 9.78 Å². The third-order valence-corrected chi connectivity index (χ3v) is 6.59. The van der Waals surface area contributed by atoms with Gasteiger partial charge in [0.25, 0.3) is 5.91 Å². The average molecular weight is 465 g/mol. The van der Waals surface area contributed by atoms with Crippen LogP contribution in [0.15, 0.2) is 48.8 Å². The fourth-order valence-corrected chi connectivity index (χ4v) is 4.68. The van der Waals surface area contributed by atoms with Gasteiger partial charge in [-0.3, -0.25) is 4.79 Å². The van der Waals surface area contributed by atoms with E-state index in [0.717, 1.165) is 29.6 Å². The Bertz CT molecular complexity index is 1180. The number of likely N-dealkylation sites (tertiary alicyclic amines) is 1. The van der Waals surface area contributed by atoms with E-state index in [1.54, 1.807) is 24.2 Å². The number of pyridine rings is 1. The maximum atomic E-state index is 11.9. The van der Waals surface area contributed by atoms with Crippen LogP contribution in [0.1, 0.15) is 44.0 Å². The quantitative estimate of drug-likeness (QED) is 0.577. The highest BCUT2D eigenvalue weighted by atomic mass is 16.5. The van der Waals surface area contributed by atoms with Gasteiger partial charge >= 0.3 is 6.09 Å². The first-order valence-electron chi connectivity index (χ1n) is 11.6. The molecule has 2 aromatic heterocycles. The number of amides is 2. The summed E-state index contributed by atoms with van der Waals surface area (Å²) in [5.41, 5.74) is 1.46. The third-order valence-electron chi connectivity index (χ3n) is 6.59. The molecule has 0 aliphatic carbocycles. The second-order valence-electron chi connectivity index (χ2n) is 9.95. The van der Waals surface area contributed by atoms with E-state index >= 15 is 0 Å². The van der Waals surface area contributed by atoms with Crippen molar-refractivity contribution in [3.8, 4) is 11.6 Å². The van der Waals surface area contributed by atoms with E-state index in [1.807, 2.05) is 41.1 Å². The summed E-state index contributed by atoms with van der Waals surface area (Å²) < 4.78 is 8.01. The predicted octanol–water partition coefficient (Wildman–Crippen LogP) is 4.57. The van der Waals surface area contributed by atoms with Crippen molar-refractivity contribution in [2.45, 2.75) is 39.7 Å². The maximum absolute atomic E-state index is 11.9. The average Bonchev–Trinajstić information content (AvgIpc) is 3.25. The number of ether oxygens (including phenoxy) is 1. The fourth-order valence-electron chi connectivity index (χ4n) is 4.68. The third kappa shape index (κ3) is 4.85. The molecule has 0 bridgehead atoms. The Morgan fingerprint density at radius 1 is 1.21 bits per heavy atom. The molecule has 0 saturated carbocycles. The number of hydrogen-bond acceptors (Lipinski definition) is 4. The predicted molar refractivity (Wildman–Crippen MR) is 131 cm³/mol. The highest BCUT2D eigenvalue weighted by Crippen LogP contribution is 2.35. The maximum Gasteiger partial charge on any atom is 0.407 e. The summed E-state index contributed by atoms with van der Waals surface area (Å²) in [5, 5.41) is 13.2. The molecule has 2 amide bonds. The first-order chi connectivity index (χ1) is 16.2. The molecular weight excluding hydrogens is 432 g/mol. The van der Waals surface area contributed by atoms with Crippen LogP contribution in [-0.4, -0.2) is 57.8 Å². The molecule has 8 heteroatoms. The number of nitrogens with zero attached hydrogens (tertiary/aromatic N) is 3. The molecule has 0 spiro atoms. The Morgan fingerprint density at radius 2 is 2.00 bits per heavy atom. The van der Waals surface area contributed by atoms with Crippen LogP contribution in [0, 0.1) is 11.3 Å². The van der Waals surface area contributed by atoms with E-state index in [1.165, 1.54) is 0 Å². The molecule has 4 rings (SSSR count). The van der Waals surface area contributed by atoms with Crippen molar-refractivity contribution in [3.05, 3.63) is 54.4 Å². The van der Waals surface area contributed by atoms with Gasteiger partial charge in [0.2, 0.25) is 0 Å². The van der Waals surface area contributed by atoms with Crippen LogP contribution in [0.5, 0.6) is 5.75 Å². The van der Waals surface area contributed by atoms with Gasteiger partial charge in [0, 0.05) is 36.8 Å². The van der Waals surface area contributed by atoms with E-state index in [0.29, 0.717) is 30.4 Å². The number of aromatic nitrogens is 2.